The number of fused-ring (bicyclic) bond motifs is 1. The number of ketones is 1. The molecule has 0 saturated heterocycles. The van der Waals surface area contributed by atoms with Crippen LogP contribution in [0.15, 0.2) is 11.0 Å². The van der Waals surface area contributed by atoms with E-state index >= 15 is 0 Å². The van der Waals surface area contributed by atoms with E-state index in [4.69, 9.17) is 12.2 Å². The first-order valence-corrected chi connectivity index (χ1v) is 15.7. The zero-order valence-corrected chi connectivity index (χ0v) is 23.2. The summed E-state index contributed by atoms with van der Waals surface area (Å²) in [4.78, 5) is 15.2. The molecule has 202 valence electrons. The maximum Gasteiger partial charge on any atom is 0.282 e. The Morgan fingerprint density at radius 2 is 1.97 bits per heavy atom. The van der Waals surface area contributed by atoms with Crippen LogP contribution < -0.4 is 0 Å². The molecule has 2 fully saturated rings. The van der Waals surface area contributed by atoms with Crippen LogP contribution in [0.25, 0.3) is 0 Å². The van der Waals surface area contributed by atoms with Gasteiger partial charge in [-0.2, -0.15) is 5.10 Å². The molecule has 5 nitrogen and oxygen atoms in total. The highest BCUT2D eigenvalue weighted by atomic mass is 32.2. The number of Topliss-reactive ketones (excluding diaryl/α,β-unsaturated/α-hetero) is 1. The number of carbonyl (C=O) groups is 1. The van der Waals surface area contributed by atoms with Gasteiger partial charge in [0.1, 0.15) is 17.6 Å². The molecular weight excluding hydrogens is 541 g/mol. The molecule has 11 heteroatoms. The third-order valence-corrected chi connectivity index (χ3v) is 11.4. The first kappa shape index (κ1) is 27.0. The third-order valence-electron chi connectivity index (χ3n) is 7.76. The van der Waals surface area contributed by atoms with Crippen molar-refractivity contribution in [3.8, 4) is 0 Å². The van der Waals surface area contributed by atoms with E-state index in [1.165, 1.54) is 22.1 Å². The lowest BCUT2D eigenvalue weighted by atomic mass is 9.84. The molecular formula is C26H31F3N2O3S3. The second kappa shape index (κ2) is 10.5. The Kier molecular flexibility index (Phi) is 7.68. The highest BCUT2D eigenvalue weighted by Crippen LogP contribution is 2.43. The molecule has 3 atom stereocenters. The molecule has 0 spiro atoms. The quantitative estimate of drug-likeness (QED) is 0.311. The maximum absolute atomic E-state index is 13.5. The maximum atomic E-state index is 13.5. The number of alkyl halides is 3. The number of thiocarbonyl (C=S) groups is 1. The van der Waals surface area contributed by atoms with Crippen molar-refractivity contribution in [2.24, 2.45) is 24.8 Å². The van der Waals surface area contributed by atoms with Crippen LogP contribution in [0.2, 0.25) is 0 Å². The van der Waals surface area contributed by atoms with Crippen LogP contribution in [0, 0.1) is 17.8 Å². The average molecular weight is 573 g/mol. The summed E-state index contributed by atoms with van der Waals surface area (Å²) in [7, 11) is -1.95. The van der Waals surface area contributed by atoms with Crippen molar-refractivity contribution in [1.82, 2.24) is 9.78 Å². The van der Waals surface area contributed by atoms with Crippen molar-refractivity contribution in [2.45, 2.75) is 81.7 Å². The Balaban J connectivity index is 1.33. The monoisotopic (exact) mass is 572 g/mol. The van der Waals surface area contributed by atoms with E-state index in [0.717, 1.165) is 34.6 Å². The van der Waals surface area contributed by atoms with E-state index in [0.29, 0.717) is 53.5 Å². The largest absolute Gasteiger partial charge is 0.299 e. The predicted octanol–water partition coefficient (Wildman–Crippen LogP) is 5.57. The zero-order valence-electron chi connectivity index (χ0n) is 20.7. The van der Waals surface area contributed by atoms with Crippen molar-refractivity contribution in [1.29, 1.82) is 0 Å². The fourth-order valence-corrected chi connectivity index (χ4v) is 9.41. The van der Waals surface area contributed by atoms with Crippen molar-refractivity contribution in [3.05, 3.63) is 32.8 Å². The number of hydrogen-bond donors (Lipinski definition) is 0. The van der Waals surface area contributed by atoms with Crippen LogP contribution in [0.3, 0.4) is 0 Å². The van der Waals surface area contributed by atoms with Gasteiger partial charge in [0.05, 0.1) is 16.6 Å². The van der Waals surface area contributed by atoms with Gasteiger partial charge in [-0.05, 0) is 66.9 Å². The predicted molar refractivity (Wildman–Crippen MR) is 140 cm³/mol. The minimum Gasteiger partial charge on any atom is -0.299 e. The van der Waals surface area contributed by atoms with Gasteiger partial charge in [-0.15, -0.1) is 11.3 Å². The summed E-state index contributed by atoms with van der Waals surface area (Å²) in [6.45, 7) is 0. The van der Waals surface area contributed by atoms with Crippen LogP contribution in [0.1, 0.15) is 71.7 Å². The number of thiophene rings is 1. The van der Waals surface area contributed by atoms with E-state index in [1.54, 1.807) is 7.05 Å². The number of sulfone groups is 1. The Bertz CT molecular complexity index is 1310. The molecule has 0 N–H and O–H groups in total. The molecule has 5 rings (SSSR count). The number of nitrogens with zero attached hydrogens (tertiary/aromatic N) is 2. The molecule has 0 aromatic carbocycles. The van der Waals surface area contributed by atoms with Crippen molar-refractivity contribution in [3.63, 3.8) is 0 Å². The number of rotatable bonds is 12. The normalized spacial score (nSPS) is 23.3. The molecule has 3 aliphatic rings. The van der Waals surface area contributed by atoms with E-state index in [-0.39, 0.29) is 36.0 Å². The lowest BCUT2D eigenvalue weighted by Crippen LogP contribution is -2.20. The van der Waals surface area contributed by atoms with Crippen molar-refractivity contribution in [2.75, 3.05) is 5.75 Å². The lowest BCUT2D eigenvalue weighted by molar-refractivity contribution is -0.119. The van der Waals surface area contributed by atoms with E-state index in [2.05, 4.69) is 5.10 Å². The summed E-state index contributed by atoms with van der Waals surface area (Å²) in [5.41, 5.74) is 1.17. The molecule has 0 aliphatic heterocycles. The number of halogens is 3. The zero-order chi connectivity index (χ0) is 26.5. The summed E-state index contributed by atoms with van der Waals surface area (Å²) in [6.07, 6.45) is 2.30. The van der Waals surface area contributed by atoms with Crippen LogP contribution in [0.4, 0.5) is 13.2 Å². The summed E-state index contributed by atoms with van der Waals surface area (Å²) < 4.78 is 68.0. The number of carbonyl (C=O) groups excluding carboxylic acids is 1. The fourth-order valence-electron chi connectivity index (χ4n) is 5.35. The summed E-state index contributed by atoms with van der Waals surface area (Å²) in [5.74, 6) is -0.119. The molecule has 2 heterocycles. The molecule has 37 heavy (non-hydrogen) atoms. The van der Waals surface area contributed by atoms with Gasteiger partial charge >= 0.3 is 0 Å². The molecule has 0 bridgehead atoms. The first-order chi connectivity index (χ1) is 17.5. The van der Waals surface area contributed by atoms with Gasteiger partial charge in [0, 0.05) is 35.3 Å². The second-order valence-corrected chi connectivity index (χ2v) is 14.6. The lowest BCUT2D eigenvalue weighted by Gasteiger charge is -2.23. The van der Waals surface area contributed by atoms with Gasteiger partial charge in [-0.25, -0.2) is 21.6 Å². The van der Waals surface area contributed by atoms with Crippen molar-refractivity contribution < 1.29 is 26.4 Å². The second-order valence-electron chi connectivity index (χ2n) is 10.8. The minimum absolute atomic E-state index is 0.0171. The fraction of sp³-hybridized carbons (Fsp3) is 0.654. The molecule has 0 unspecified atom stereocenters. The molecule has 3 aliphatic carbocycles. The van der Waals surface area contributed by atoms with Gasteiger partial charge in [0.2, 0.25) is 0 Å². The third kappa shape index (κ3) is 6.19. The van der Waals surface area contributed by atoms with Crippen molar-refractivity contribution >= 4 is 44.0 Å². The van der Waals surface area contributed by atoms with Gasteiger partial charge in [-0.1, -0.05) is 25.1 Å². The van der Waals surface area contributed by atoms with Gasteiger partial charge in [-0.3, -0.25) is 9.48 Å². The molecule has 2 aromatic heterocycles. The minimum atomic E-state index is -3.57. The summed E-state index contributed by atoms with van der Waals surface area (Å²) in [6, 6.07) is 1.38. The Morgan fingerprint density at radius 1 is 1.24 bits per heavy atom. The SMILES string of the molecule is Cn1nc(C(F)F)cc1CC(=S)C[C@H]1CCc2sc(CC(=O)[C@H]3C[C@@H]3F)c(S(=O)(=O)CCC3CC3)c2C1. The van der Waals surface area contributed by atoms with Gasteiger partial charge < -0.3 is 0 Å². The smallest absolute Gasteiger partial charge is 0.282 e. The van der Waals surface area contributed by atoms with Crippen LogP contribution in [-0.4, -0.2) is 40.8 Å². The summed E-state index contributed by atoms with van der Waals surface area (Å²) >= 11 is 7.02. The molecule has 0 amide bonds. The van der Waals surface area contributed by atoms with Crippen LogP contribution in [-0.2, 0) is 47.4 Å². The van der Waals surface area contributed by atoms with Gasteiger partial charge in [0.25, 0.3) is 6.43 Å². The highest BCUT2D eigenvalue weighted by Gasteiger charge is 2.44. The van der Waals surface area contributed by atoms with E-state index in [1.807, 2.05) is 0 Å². The molecule has 2 aromatic rings. The first-order valence-electron chi connectivity index (χ1n) is 12.9. The van der Waals surface area contributed by atoms with Crippen LogP contribution in [0.5, 0.6) is 0 Å². The Morgan fingerprint density at radius 3 is 2.59 bits per heavy atom. The number of hydrogen-bond acceptors (Lipinski definition) is 6. The number of aryl methyl sites for hydroxylation is 2. The van der Waals surface area contributed by atoms with Gasteiger partial charge in [0.15, 0.2) is 9.84 Å². The standard InChI is InChI=1S/C26H31F3N2O3S3/c1-31-16(11-21(30-31)26(28)29)10-17(35)8-15-4-5-23-19(9-15)25(37(33,34)7-6-14-2-3-14)24(36-23)13-22(32)18-12-20(18)27/h11,14-15,18,20,26H,2-10,12-13H2,1H3/t15-,18+,20+/m1/s1. The Hall–Kier alpha value is -1.59. The highest BCUT2D eigenvalue weighted by molar-refractivity contribution is 7.91. The van der Waals surface area contributed by atoms with E-state index in [9.17, 15) is 26.4 Å². The molecule has 2 saturated carbocycles. The summed E-state index contributed by atoms with van der Waals surface area (Å²) in [5, 5.41) is 3.85. The number of aromatic nitrogens is 2. The topological polar surface area (TPSA) is 69.0 Å². The Labute approximate surface area is 224 Å². The average Bonchev–Trinajstić information content (AvgIpc) is 3.72. The van der Waals surface area contributed by atoms with Crippen LogP contribution >= 0.6 is 23.6 Å². The van der Waals surface area contributed by atoms with E-state index < -0.39 is 28.4 Å². The molecule has 0 radical (unpaired) electrons.